The van der Waals surface area contributed by atoms with Crippen molar-refractivity contribution in [1.29, 1.82) is 0 Å². The van der Waals surface area contributed by atoms with Crippen molar-refractivity contribution in [2.45, 2.75) is 27.3 Å². The normalized spacial score (nSPS) is 14.6. The quantitative estimate of drug-likeness (QED) is 0.672. The molecule has 0 saturated carbocycles. The molecule has 1 aliphatic rings. The van der Waals surface area contributed by atoms with Gasteiger partial charge in [0.15, 0.2) is 0 Å². The maximum atomic E-state index is 12.6. The van der Waals surface area contributed by atoms with Crippen molar-refractivity contribution in [3.05, 3.63) is 51.8 Å². The van der Waals surface area contributed by atoms with Gasteiger partial charge in [-0.25, -0.2) is 9.59 Å². The highest BCUT2D eigenvalue weighted by atomic mass is 35.5. The third kappa shape index (κ3) is 4.79. The van der Waals surface area contributed by atoms with Crippen molar-refractivity contribution < 1.29 is 19.1 Å². The van der Waals surface area contributed by atoms with E-state index in [1.165, 1.54) is 0 Å². The van der Waals surface area contributed by atoms with E-state index in [0.29, 0.717) is 29.1 Å². The molecule has 3 rings (SSSR count). The maximum Gasteiger partial charge on any atom is 0.355 e. The second kappa shape index (κ2) is 10.00. The zero-order chi connectivity index (χ0) is 21.7. The van der Waals surface area contributed by atoms with Crippen LogP contribution in [0.1, 0.15) is 46.0 Å². The fraction of sp³-hybridized carbons (Fsp3) is 0.455. The number of halogens is 1. The first-order valence-electron chi connectivity index (χ1n) is 10.2. The lowest BCUT2D eigenvalue weighted by Gasteiger charge is -2.36. The molecule has 30 heavy (non-hydrogen) atoms. The summed E-state index contributed by atoms with van der Waals surface area (Å²) in [6.07, 6.45) is 0. The molecular formula is C22H28ClN3O4. The zero-order valence-electron chi connectivity index (χ0n) is 17.7. The molecule has 8 heteroatoms. The average molecular weight is 434 g/mol. The highest BCUT2D eigenvalue weighted by Gasteiger charge is 2.27. The summed E-state index contributed by atoms with van der Waals surface area (Å²) in [7, 11) is 0. The molecule has 1 aromatic heterocycles. The molecule has 1 aromatic carbocycles. The standard InChI is InChI=1S/C22H28ClN3O4/c1-4-29-21(27)19-15(3)20(22(28)30-5-2)24-17(19)14-25-10-12-26(13-11-25)18-9-7-6-8-16(18)23/h6-9,24H,4-5,10-14H2,1-3H3. The summed E-state index contributed by atoms with van der Waals surface area (Å²) in [4.78, 5) is 32.5. The van der Waals surface area contributed by atoms with Crippen molar-refractivity contribution in [3.8, 4) is 0 Å². The van der Waals surface area contributed by atoms with Crippen LogP contribution in [0.25, 0.3) is 0 Å². The van der Waals surface area contributed by atoms with Crippen molar-refractivity contribution >= 4 is 29.2 Å². The molecule has 2 aromatic rings. The number of para-hydroxylation sites is 1. The fourth-order valence-corrected chi connectivity index (χ4v) is 4.00. The van der Waals surface area contributed by atoms with Crippen LogP contribution in [0.5, 0.6) is 0 Å². The maximum absolute atomic E-state index is 12.6. The second-order valence-electron chi connectivity index (χ2n) is 7.13. The molecule has 0 bridgehead atoms. The van der Waals surface area contributed by atoms with E-state index in [9.17, 15) is 9.59 Å². The van der Waals surface area contributed by atoms with Crippen LogP contribution in [0.4, 0.5) is 5.69 Å². The number of aromatic amines is 1. The summed E-state index contributed by atoms with van der Waals surface area (Å²) < 4.78 is 10.4. The van der Waals surface area contributed by atoms with Gasteiger partial charge in [-0.2, -0.15) is 0 Å². The predicted molar refractivity (Wildman–Crippen MR) is 116 cm³/mol. The van der Waals surface area contributed by atoms with Gasteiger partial charge >= 0.3 is 11.9 Å². The van der Waals surface area contributed by atoms with Crippen LogP contribution in [0.2, 0.25) is 5.02 Å². The minimum atomic E-state index is -0.463. The summed E-state index contributed by atoms with van der Waals surface area (Å²) in [6.45, 7) is 9.58. The molecule has 0 aliphatic carbocycles. The summed E-state index contributed by atoms with van der Waals surface area (Å²) in [5.41, 5.74) is 3.01. The number of nitrogens with zero attached hydrogens (tertiary/aromatic N) is 2. The molecule has 0 amide bonds. The van der Waals surface area contributed by atoms with Crippen molar-refractivity contribution in [2.24, 2.45) is 0 Å². The molecule has 0 unspecified atom stereocenters. The summed E-state index contributed by atoms with van der Waals surface area (Å²) in [5.74, 6) is -0.887. The highest BCUT2D eigenvalue weighted by Crippen LogP contribution is 2.27. The molecule has 0 atom stereocenters. The number of carbonyl (C=O) groups excluding carboxylic acids is 2. The first-order chi connectivity index (χ1) is 14.5. The van der Waals surface area contributed by atoms with E-state index in [1.807, 2.05) is 24.3 Å². The van der Waals surface area contributed by atoms with Gasteiger partial charge in [0.05, 0.1) is 29.5 Å². The number of esters is 2. The zero-order valence-corrected chi connectivity index (χ0v) is 18.4. The SMILES string of the molecule is CCOC(=O)c1[nH]c(CN2CCN(c3ccccc3Cl)CC2)c(C(=O)OCC)c1C. The average Bonchev–Trinajstić information content (AvgIpc) is 3.05. The molecule has 0 spiro atoms. The minimum Gasteiger partial charge on any atom is -0.462 e. The summed E-state index contributed by atoms with van der Waals surface area (Å²) in [6, 6.07) is 7.83. The Bertz CT molecular complexity index is 904. The van der Waals surface area contributed by atoms with E-state index < -0.39 is 11.9 Å². The Morgan fingerprint density at radius 1 is 1.03 bits per heavy atom. The molecule has 7 nitrogen and oxygen atoms in total. The fourth-order valence-electron chi connectivity index (χ4n) is 3.74. The van der Waals surface area contributed by atoms with Gasteiger partial charge in [0.25, 0.3) is 0 Å². The van der Waals surface area contributed by atoms with Crippen LogP contribution in [0.3, 0.4) is 0 Å². The third-order valence-corrected chi connectivity index (χ3v) is 5.55. The second-order valence-corrected chi connectivity index (χ2v) is 7.54. The Morgan fingerprint density at radius 3 is 2.30 bits per heavy atom. The monoisotopic (exact) mass is 433 g/mol. The molecule has 2 heterocycles. The Kier molecular flexibility index (Phi) is 7.39. The molecular weight excluding hydrogens is 406 g/mol. The van der Waals surface area contributed by atoms with E-state index in [1.54, 1.807) is 20.8 Å². The molecule has 1 saturated heterocycles. The number of H-pyrrole nitrogens is 1. The first kappa shape index (κ1) is 22.2. The number of hydrogen-bond donors (Lipinski definition) is 1. The van der Waals surface area contributed by atoms with Crippen LogP contribution in [0.15, 0.2) is 24.3 Å². The van der Waals surface area contributed by atoms with Crippen molar-refractivity contribution in [3.63, 3.8) is 0 Å². The van der Waals surface area contributed by atoms with E-state index in [4.69, 9.17) is 21.1 Å². The number of anilines is 1. The molecule has 0 radical (unpaired) electrons. The first-order valence-corrected chi connectivity index (χ1v) is 10.6. The van der Waals surface area contributed by atoms with Crippen LogP contribution in [-0.2, 0) is 16.0 Å². The van der Waals surface area contributed by atoms with E-state index in [0.717, 1.165) is 36.9 Å². The lowest BCUT2D eigenvalue weighted by molar-refractivity contribution is 0.0517. The number of ether oxygens (including phenoxy) is 2. The van der Waals surface area contributed by atoms with Gasteiger partial charge in [0.2, 0.25) is 0 Å². The van der Waals surface area contributed by atoms with Crippen LogP contribution in [-0.4, -0.2) is 61.2 Å². The summed E-state index contributed by atoms with van der Waals surface area (Å²) in [5, 5.41) is 0.745. The topological polar surface area (TPSA) is 74.9 Å². The van der Waals surface area contributed by atoms with Gasteiger partial charge in [-0.3, -0.25) is 4.90 Å². The third-order valence-electron chi connectivity index (χ3n) is 5.23. The lowest BCUT2D eigenvalue weighted by atomic mass is 10.1. The number of piperazine rings is 1. The molecule has 1 aliphatic heterocycles. The van der Waals surface area contributed by atoms with Gasteiger partial charge in [-0.1, -0.05) is 23.7 Å². The molecule has 162 valence electrons. The smallest absolute Gasteiger partial charge is 0.355 e. The van der Waals surface area contributed by atoms with Crippen LogP contribution in [0, 0.1) is 6.92 Å². The Morgan fingerprint density at radius 2 is 1.67 bits per heavy atom. The lowest BCUT2D eigenvalue weighted by Crippen LogP contribution is -2.46. The van der Waals surface area contributed by atoms with Gasteiger partial charge in [0.1, 0.15) is 5.69 Å². The van der Waals surface area contributed by atoms with Gasteiger partial charge in [-0.15, -0.1) is 0 Å². The Hall–Kier alpha value is -2.51. The minimum absolute atomic E-state index is 0.269. The molecule has 1 N–H and O–H groups in total. The highest BCUT2D eigenvalue weighted by molar-refractivity contribution is 6.33. The number of rotatable bonds is 7. The number of benzene rings is 1. The van der Waals surface area contributed by atoms with Crippen LogP contribution < -0.4 is 4.90 Å². The van der Waals surface area contributed by atoms with Gasteiger partial charge in [0, 0.05) is 38.4 Å². The van der Waals surface area contributed by atoms with Crippen molar-refractivity contribution in [1.82, 2.24) is 9.88 Å². The number of hydrogen-bond acceptors (Lipinski definition) is 6. The van der Waals surface area contributed by atoms with Gasteiger partial charge < -0.3 is 19.4 Å². The molecule has 1 fully saturated rings. The van der Waals surface area contributed by atoms with Gasteiger partial charge in [-0.05, 0) is 38.5 Å². The van der Waals surface area contributed by atoms with Crippen molar-refractivity contribution in [2.75, 3.05) is 44.3 Å². The van der Waals surface area contributed by atoms with E-state index >= 15 is 0 Å². The van der Waals surface area contributed by atoms with E-state index in [-0.39, 0.29) is 13.2 Å². The van der Waals surface area contributed by atoms with E-state index in [2.05, 4.69) is 14.8 Å². The van der Waals surface area contributed by atoms with Crippen LogP contribution >= 0.6 is 11.6 Å². The predicted octanol–water partition coefficient (Wildman–Crippen LogP) is 3.65. The number of aromatic nitrogens is 1. The summed E-state index contributed by atoms with van der Waals surface area (Å²) >= 11 is 6.33. The number of nitrogens with one attached hydrogen (secondary N) is 1. The Labute approximate surface area is 181 Å². The Balaban J connectivity index is 1.76. The number of carbonyl (C=O) groups is 2. The largest absolute Gasteiger partial charge is 0.462 e.